The minimum Gasteiger partial charge on any atom is -0.481 e. The van der Waals surface area contributed by atoms with Gasteiger partial charge in [0.15, 0.2) is 0 Å². The van der Waals surface area contributed by atoms with E-state index in [9.17, 15) is 27.9 Å². The topological polar surface area (TPSA) is 76.1 Å². The molecule has 1 amide bonds. The summed E-state index contributed by atoms with van der Waals surface area (Å²) in [6.07, 6.45) is -6.62. The van der Waals surface area contributed by atoms with Crippen molar-refractivity contribution in [3.63, 3.8) is 0 Å². The number of halogens is 4. The number of carboxylic acid groups (broad SMARTS) is 1. The van der Waals surface area contributed by atoms with Crippen LogP contribution in [0.1, 0.15) is 56.4 Å². The van der Waals surface area contributed by atoms with Crippen molar-refractivity contribution < 1.29 is 37.3 Å². The zero-order chi connectivity index (χ0) is 25.7. The Balaban J connectivity index is 1.93. The third kappa shape index (κ3) is 5.26. The number of carboxylic acids is 1. The molecule has 10 heteroatoms. The molecule has 0 spiro atoms. The van der Waals surface area contributed by atoms with Gasteiger partial charge in [0.25, 0.3) is 5.91 Å². The van der Waals surface area contributed by atoms with E-state index in [4.69, 9.17) is 16.3 Å². The van der Waals surface area contributed by atoms with Crippen molar-refractivity contribution in [1.29, 1.82) is 0 Å². The summed E-state index contributed by atoms with van der Waals surface area (Å²) in [5.74, 6) is -2.18. The number of amides is 1. The van der Waals surface area contributed by atoms with Gasteiger partial charge in [0.05, 0.1) is 12.1 Å². The summed E-state index contributed by atoms with van der Waals surface area (Å²) in [6, 6.07) is 8.39. The minimum absolute atomic E-state index is 0.249. The van der Waals surface area contributed by atoms with Crippen LogP contribution in [0.5, 0.6) is 5.75 Å². The number of aryl methyl sites for hydroxylation is 1. The molecule has 0 unspecified atom stereocenters. The van der Waals surface area contributed by atoms with Crippen LogP contribution in [0.25, 0.3) is 0 Å². The predicted octanol–water partition coefficient (Wildman–Crippen LogP) is 5.90. The lowest BCUT2D eigenvalue weighted by Crippen LogP contribution is -2.53. The first-order chi connectivity index (χ1) is 16.2. The van der Waals surface area contributed by atoms with E-state index in [2.05, 4.69) is 4.74 Å². The maximum atomic E-state index is 13.8. The number of ether oxygens (including phenoxy) is 2. The fourth-order valence-corrected chi connectivity index (χ4v) is 5.15. The summed E-state index contributed by atoms with van der Waals surface area (Å²) in [5.41, 5.74) is 1.81. The van der Waals surface area contributed by atoms with Gasteiger partial charge in [-0.3, -0.25) is 9.59 Å². The first-order valence-corrected chi connectivity index (χ1v) is 11.5. The van der Waals surface area contributed by atoms with Gasteiger partial charge in [0, 0.05) is 16.6 Å². The maximum absolute atomic E-state index is 13.8. The Kier molecular flexibility index (Phi) is 6.53. The van der Waals surface area contributed by atoms with Crippen LogP contribution in [-0.4, -0.2) is 35.5 Å². The van der Waals surface area contributed by atoms with Crippen molar-refractivity contribution in [1.82, 2.24) is 0 Å². The van der Waals surface area contributed by atoms with Gasteiger partial charge < -0.3 is 19.5 Å². The third-order valence-corrected chi connectivity index (χ3v) is 6.49. The van der Waals surface area contributed by atoms with Crippen LogP contribution in [0.15, 0.2) is 36.4 Å². The number of alkyl halides is 3. The van der Waals surface area contributed by atoms with Crippen molar-refractivity contribution in [2.45, 2.75) is 64.6 Å². The molecule has 0 saturated heterocycles. The Bertz CT molecular complexity index is 1160. The molecular weight excluding hydrogens is 487 g/mol. The molecule has 4 rings (SSSR count). The molecule has 2 aromatic carbocycles. The van der Waals surface area contributed by atoms with Gasteiger partial charge in [-0.25, -0.2) is 0 Å². The largest absolute Gasteiger partial charge is 0.573 e. The molecule has 0 saturated carbocycles. The quantitative estimate of drug-likeness (QED) is 0.553. The van der Waals surface area contributed by atoms with Gasteiger partial charge in [0.2, 0.25) is 0 Å². The normalized spacial score (nSPS) is 22.4. The molecule has 2 heterocycles. The maximum Gasteiger partial charge on any atom is 0.573 e. The summed E-state index contributed by atoms with van der Waals surface area (Å²) < 4.78 is 48.7. The van der Waals surface area contributed by atoms with Crippen LogP contribution < -0.4 is 9.64 Å². The number of anilines is 1. The Morgan fingerprint density at radius 3 is 2.57 bits per heavy atom. The predicted molar refractivity (Wildman–Crippen MR) is 123 cm³/mol. The van der Waals surface area contributed by atoms with Crippen molar-refractivity contribution in [2.24, 2.45) is 5.41 Å². The second-order valence-electron chi connectivity index (χ2n) is 9.85. The molecule has 3 atom stereocenters. The number of hydrogen-bond donors (Lipinski definition) is 1. The Morgan fingerprint density at radius 2 is 1.94 bits per heavy atom. The fraction of sp³-hybridized carbons (Fsp3) is 0.440. The van der Waals surface area contributed by atoms with Crippen LogP contribution >= 0.6 is 11.6 Å². The van der Waals surface area contributed by atoms with Crippen LogP contribution in [0.2, 0.25) is 5.02 Å². The summed E-state index contributed by atoms with van der Waals surface area (Å²) in [4.78, 5) is 27.0. The number of benzene rings is 2. The number of aliphatic carboxylic acids is 1. The molecule has 2 aromatic rings. The molecule has 0 bridgehead atoms. The van der Waals surface area contributed by atoms with Crippen LogP contribution in [0, 0.1) is 5.41 Å². The highest BCUT2D eigenvalue weighted by molar-refractivity contribution is 6.31. The molecule has 0 aliphatic carbocycles. The highest BCUT2D eigenvalue weighted by Gasteiger charge is 2.46. The molecule has 2 aliphatic rings. The van der Waals surface area contributed by atoms with Gasteiger partial charge >= 0.3 is 12.3 Å². The highest BCUT2D eigenvalue weighted by Crippen LogP contribution is 2.48. The smallest absolute Gasteiger partial charge is 0.481 e. The highest BCUT2D eigenvalue weighted by atomic mass is 35.5. The lowest BCUT2D eigenvalue weighted by molar-refractivity contribution is -0.274. The van der Waals surface area contributed by atoms with E-state index in [1.165, 1.54) is 12.1 Å². The lowest BCUT2D eigenvalue weighted by atomic mass is 9.78. The molecule has 0 aromatic heterocycles. The van der Waals surface area contributed by atoms with Gasteiger partial charge in [-0.1, -0.05) is 44.5 Å². The zero-order valence-electron chi connectivity index (χ0n) is 19.4. The Morgan fingerprint density at radius 1 is 1.23 bits per heavy atom. The van der Waals surface area contributed by atoms with Crippen molar-refractivity contribution in [3.05, 3.63) is 58.1 Å². The van der Waals surface area contributed by atoms with Crippen molar-refractivity contribution in [3.8, 4) is 5.75 Å². The SMILES string of the molecule is CC(C)(C)[C@@H]1CCc2cc(Cl)cc3c2N1C(=O)[C@@H](CC(=O)O)O[C@@H]3c1cccc(OC(F)(F)F)c1. The first-order valence-electron chi connectivity index (χ1n) is 11.1. The summed E-state index contributed by atoms with van der Waals surface area (Å²) >= 11 is 6.41. The van der Waals surface area contributed by atoms with Gasteiger partial charge in [-0.2, -0.15) is 0 Å². The van der Waals surface area contributed by atoms with E-state index in [0.29, 0.717) is 29.1 Å². The molecule has 1 N–H and O–H groups in total. The molecule has 0 fully saturated rings. The van der Waals surface area contributed by atoms with E-state index in [1.54, 1.807) is 23.1 Å². The second-order valence-corrected chi connectivity index (χ2v) is 10.3. The average molecular weight is 512 g/mol. The first kappa shape index (κ1) is 25.3. The number of carbonyl (C=O) groups is 2. The van der Waals surface area contributed by atoms with Crippen LogP contribution in [-0.2, 0) is 20.7 Å². The average Bonchev–Trinajstić information content (AvgIpc) is 2.83. The Hall–Kier alpha value is -2.78. The summed E-state index contributed by atoms with van der Waals surface area (Å²) in [7, 11) is 0. The standard InChI is InChI=1S/C25H25ClF3NO5/c1-24(2,3)19-8-7-13-9-15(26)11-17-21(13)30(19)23(33)18(12-20(31)32)34-22(17)14-5-4-6-16(10-14)35-25(27,28)29/h4-6,9-11,18-19,22H,7-8,12H2,1-3H3,(H,31,32)/t18-,19+,22-/m1/s1. The van der Waals surface area contributed by atoms with Crippen LogP contribution in [0.3, 0.4) is 0 Å². The van der Waals surface area contributed by atoms with Crippen LogP contribution in [0.4, 0.5) is 18.9 Å². The van der Waals surface area contributed by atoms with E-state index in [0.717, 1.165) is 11.6 Å². The minimum atomic E-state index is -4.89. The van der Waals surface area contributed by atoms with Gasteiger partial charge in [-0.15, -0.1) is 13.2 Å². The number of carbonyl (C=O) groups excluding carboxylic acids is 1. The zero-order valence-corrected chi connectivity index (χ0v) is 20.1. The van der Waals surface area contributed by atoms with E-state index in [1.807, 2.05) is 20.8 Å². The summed E-state index contributed by atoms with van der Waals surface area (Å²) in [5, 5.41) is 9.88. The number of rotatable bonds is 4. The molecule has 0 radical (unpaired) electrons. The van der Waals surface area contributed by atoms with E-state index in [-0.39, 0.29) is 17.0 Å². The third-order valence-electron chi connectivity index (χ3n) is 6.27. The van der Waals surface area contributed by atoms with Crippen molar-refractivity contribution >= 4 is 29.2 Å². The molecule has 2 aliphatic heterocycles. The molecule has 6 nitrogen and oxygen atoms in total. The summed E-state index contributed by atoms with van der Waals surface area (Å²) in [6.45, 7) is 6.00. The lowest BCUT2D eigenvalue weighted by Gasteiger charge is -2.45. The Labute approximate surface area is 205 Å². The molecule has 188 valence electrons. The monoisotopic (exact) mass is 511 g/mol. The fourth-order valence-electron chi connectivity index (χ4n) is 4.90. The van der Waals surface area contributed by atoms with Gasteiger partial charge in [0.1, 0.15) is 18.0 Å². The van der Waals surface area contributed by atoms with E-state index < -0.39 is 42.6 Å². The number of nitrogens with zero attached hydrogens (tertiary/aromatic N) is 1. The van der Waals surface area contributed by atoms with Gasteiger partial charge in [-0.05, 0) is 53.6 Å². The number of hydrogen-bond acceptors (Lipinski definition) is 4. The van der Waals surface area contributed by atoms with Crippen molar-refractivity contribution in [2.75, 3.05) is 4.90 Å². The molecule has 35 heavy (non-hydrogen) atoms. The van der Waals surface area contributed by atoms with E-state index >= 15 is 0 Å². The second kappa shape index (κ2) is 9.02. The molecular formula is C25H25ClF3NO5.